The van der Waals surface area contributed by atoms with Crippen molar-refractivity contribution >= 4 is 0 Å². The monoisotopic (exact) mass is 375 g/mol. The molecule has 0 aromatic carbocycles. The zero-order chi connectivity index (χ0) is 18.6. The number of piperidine rings is 1. The molecular formula is C17H24F3N3O3. The van der Waals surface area contributed by atoms with Gasteiger partial charge in [0.05, 0.1) is 32.8 Å². The highest BCUT2D eigenvalue weighted by molar-refractivity contribution is 5.03. The molecule has 1 aromatic heterocycles. The van der Waals surface area contributed by atoms with Crippen LogP contribution < -0.4 is 5.56 Å². The Labute approximate surface area is 149 Å². The molecule has 0 unspecified atom stereocenters. The van der Waals surface area contributed by atoms with Crippen molar-refractivity contribution in [2.45, 2.75) is 25.6 Å². The third-order valence-electron chi connectivity index (χ3n) is 4.93. The molecular weight excluding hydrogens is 351 g/mol. The average molecular weight is 375 g/mol. The highest BCUT2D eigenvalue weighted by Gasteiger charge is 2.33. The van der Waals surface area contributed by atoms with Gasteiger partial charge in [0.25, 0.3) is 5.56 Å². The molecule has 9 heteroatoms. The van der Waals surface area contributed by atoms with Crippen LogP contribution in [0.25, 0.3) is 0 Å². The number of alkyl halides is 3. The lowest BCUT2D eigenvalue weighted by molar-refractivity contribution is -0.141. The smallest absolute Gasteiger partial charge is 0.379 e. The Balaban J connectivity index is 1.49. The molecule has 0 bridgehead atoms. The van der Waals surface area contributed by atoms with Crippen molar-refractivity contribution in [1.29, 1.82) is 0 Å². The molecule has 0 atom stereocenters. The van der Waals surface area contributed by atoms with Gasteiger partial charge in [0.2, 0.25) is 0 Å². The SMILES string of the molecule is O=c1cc(C(F)(F)F)ncn1CC1CCN(CC2COCCOC2)CC1. The summed E-state index contributed by atoms with van der Waals surface area (Å²) in [6, 6.07) is 0.571. The molecule has 0 N–H and O–H groups in total. The van der Waals surface area contributed by atoms with Crippen LogP contribution in [0.3, 0.4) is 0 Å². The van der Waals surface area contributed by atoms with Gasteiger partial charge in [-0.2, -0.15) is 13.2 Å². The second-order valence-electron chi connectivity index (χ2n) is 7.02. The van der Waals surface area contributed by atoms with Gasteiger partial charge in [-0.25, -0.2) is 4.98 Å². The molecule has 2 fully saturated rings. The van der Waals surface area contributed by atoms with Gasteiger partial charge >= 0.3 is 6.18 Å². The molecule has 0 radical (unpaired) electrons. The molecule has 2 aliphatic rings. The zero-order valence-corrected chi connectivity index (χ0v) is 14.6. The van der Waals surface area contributed by atoms with Gasteiger partial charge in [-0.15, -0.1) is 0 Å². The maximum absolute atomic E-state index is 12.6. The first kappa shape index (κ1) is 19.3. The summed E-state index contributed by atoms with van der Waals surface area (Å²) in [5.41, 5.74) is -1.79. The first-order valence-corrected chi connectivity index (χ1v) is 8.93. The third kappa shape index (κ3) is 5.28. The first-order chi connectivity index (χ1) is 12.4. The van der Waals surface area contributed by atoms with Crippen LogP contribution in [0.4, 0.5) is 13.2 Å². The van der Waals surface area contributed by atoms with E-state index in [0.29, 0.717) is 45.0 Å². The van der Waals surface area contributed by atoms with Crippen molar-refractivity contribution in [2.75, 3.05) is 46.1 Å². The summed E-state index contributed by atoms with van der Waals surface area (Å²) in [6.07, 6.45) is -1.77. The van der Waals surface area contributed by atoms with Gasteiger partial charge in [-0.3, -0.25) is 9.36 Å². The Morgan fingerprint density at radius 3 is 2.31 bits per heavy atom. The summed E-state index contributed by atoms with van der Waals surface area (Å²) in [5, 5.41) is 0. The summed E-state index contributed by atoms with van der Waals surface area (Å²) in [6.45, 7) is 5.87. The zero-order valence-electron chi connectivity index (χ0n) is 14.6. The summed E-state index contributed by atoms with van der Waals surface area (Å²) < 4.78 is 50.1. The van der Waals surface area contributed by atoms with Crippen LogP contribution in [0.5, 0.6) is 0 Å². The van der Waals surface area contributed by atoms with Gasteiger partial charge in [0, 0.05) is 25.1 Å². The maximum Gasteiger partial charge on any atom is 0.433 e. The Hall–Kier alpha value is -1.45. The van der Waals surface area contributed by atoms with Crippen molar-refractivity contribution < 1.29 is 22.6 Å². The van der Waals surface area contributed by atoms with Crippen LogP contribution in [-0.2, 0) is 22.2 Å². The van der Waals surface area contributed by atoms with Crippen molar-refractivity contribution in [3.8, 4) is 0 Å². The van der Waals surface area contributed by atoms with E-state index >= 15 is 0 Å². The molecule has 26 heavy (non-hydrogen) atoms. The lowest BCUT2D eigenvalue weighted by atomic mass is 9.96. The minimum absolute atomic E-state index is 0.268. The molecule has 3 rings (SSSR count). The second kappa shape index (κ2) is 8.49. The molecule has 146 valence electrons. The van der Waals surface area contributed by atoms with Crippen LogP contribution in [0, 0.1) is 11.8 Å². The summed E-state index contributed by atoms with van der Waals surface area (Å²) in [5.74, 6) is 0.639. The fraction of sp³-hybridized carbons (Fsp3) is 0.765. The van der Waals surface area contributed by atoms with Gasteiger partial charge in [0.15, 0.2) is 5.69 Å². The summed E-state index contributed by atoms with van der Waals surface area (Å²) in [4.78, 5) is 17.6. The minimum atomic E-state index is -4.59. The molecule has 3 heterocycles. The molecule has 2 aliphatic heterocycles. The third-order valence-corrected chi connectivity index (χ3v) is 4.93. The van der Waals surface area contributed by atoms with E-state index in [1.54, 1.807) is 0 Å². The Morgan fingerprint density at radius 2 is 1.73 bits per heavy atom. The lowest BCUT2D eigenvalue weighted by Crippen LogP contribution is -2.40. The van der Waals surface area contributed by atoms with E-state index in [9.17, 15) is 18.0 Å². The van der Waals surface area contributed by atoms with E-state index in [0.717, 1.165) is 38.8 Å². The fourth-order valence-electron chi connectivity index (χ4n) is 3.48. The fourth-order valence-corrected chi connectivity index (χ4v) is 3.48. The van der Waals surface area contributed by atoms with Crippen LogP contribution in [0.2, 0.25) is 0 Å². The lowest BCUT2D eigenvalue weighted by Gasteiger charge is -2.34. The van der Waals surface area contributed by atoms with E-state index in [1.807, 2.05) is 0 Å². The number of halogens is 3. The van der Waals surface area contributed by atoms with Crippen LogP contribution in [-0.4, -0.2) is 60.5 Å². The standard InChI is InChI=1S/C17H24F3N3O3/c18-17(19,20)15-7-16(24)23(12-21-15)9-13-1-3-22(4-2-13)8-14-10-25-5-6-26-11-14/h7,12-14H,1-6,8-11H2. The van der Waals surface area contributed by atoms with Crippen LogP contribution in [0.1, 0.15) is 18.5 Å². The highest BCUT2D eigenvalue weighted by atomic mass is 19.4. The van der Waals surface area contributed by atoms with Crippen molar-refractivity contribution in [3.05, 3.63) is 28.4 Å². The number of ether oxygens (including phenoxy) is 2. The van der Waals surface area contributed by atoms with Crippen LogP contribution in [0.15, 0.2) is 17.2 Å². The number of likely N-dealkylation sites (tertiary alicyclic amines) is 1. The second-order valence-corrected chi connectivity index (χ2v) is 7.02. The summed E-state index contributed by atoms with van der Waals surface area (Å²) in [7, 11) is 0. The van der Waals surface area contributed by atoms with E-state index in [-0.39, 0.29) is 5.92 Å². The summed E-state index contributed by atoms with van der Waals surface area (Å²) >= 11 is 0. The number of nitrogens with zero attached hydrogens (tertiary/aromatic N) is 3. The van der Waals surface area contributed by atoms with Gasteiger partial charge in [-0.1, -0.05) is 0 Å². The largest absolute Gasteiger partial charge is 0.433 e. The molecule has 1 aromatic rings. The van der Waals surface area contributed by atoms with E-state index in [4.69, 9.17) is 9.47 Å². The quantitative estimate of drug-likeness (QED) is 0.801. The topological polar surface area (TPSA) is 56.6 Å². The van der Waals surface area contributed by atoms with Gasteiger partial charge in [-0.05, 0) is 31.8 Å². The van der Waals surface area contributed by atoms with Gasteiger partial charge < -0.3 is 14.4 Å². The Kier molecular flexibility index (Phi) is 6.31. The van der Waals surface area contributed by atoms with Crippen LogP contribution >= 0.6 is 0 Å². The number of aromatic nitrogens is 2. The van der Waals surface area contributed by atoms with E-state index in [2.05, 4.69) is 9.88 Å². The number of hydrogen-bond donors (Lipinski definition) is 0. The van der Waals surface area contributed by atoms with E-state index in [1.165, 1.54) is 4.57 Å². The van der Waals surface area contributed by atoms with Crippen molar-refractivity contribution in [3.63, 3.8) is 0 Å². The van der Waals surface area contributed by atoms with Crippen molar-refractivity contribution in [1.82, 2.24) is 14.5 Å². The highest BCUT2D eigenvalue weighted by Crippen LogP contribution is 2.26. The molecule has 2 saturated heterocycles. The Morgan fingerprint density at radius 1 is 1.08 bits per heavy atom. The molecule has 0 saturated carbocycles. The molecule has 0 spiro atoms. The van der Waals surface area contributed by atoms with E-state index < -0.39 is 17.4 Å². The molecule has 0 amide bonds. The predicted molar refractivity (Wildman–Crippen MR) is 87.8 cm³/mol. The van der Waals surface area contributed by atoms with Gasteiger partial charge in [0.1, 0.15) is 0 Å². The average Bonchev–Trinajstić information content (AvgIpc) is 2.86. The minimum Gasteiger partial charge on any atom is -0.379 e. The number of hydrogen-bond acceptors (Lipinski definition) is 5. The predicted octanol–water partition coefficient (Wildman–Crippen LogP) is 1.64. The Bertz CT molecular complexity index is 634. The molecule has 6 nitrogen and oxygen atoms in total. The maximum atomic E-state index is 12.6. The normalized spacial score (nSPS) is 21.7. The number of rotatable bonds is 4. The van der Waals surface area contributed by atoms with Crippen molar-refractivity contribution in [2.24, 2.45) is 11.8 Å². The first-order valence-electron chi connectivity index (χ1n) is 8.93. The molecule has 0 aliphatic carbocycles.